The quantitative estimate of drug-likeness (QED) is 0.410. The molecule has 2 aromatic carbocycles. The van der Waals surface area contributed by atoms with Crippen molar-refractivity contribution in [2.45, 2.75) is 17.5 Å². The predicted molar refractivity (Wildman–Crippen MR) is 121 cm³/mol. The number of allylic oxidation sites excluding steroid dienone is 4. The van der Waals surface area contributed by atoms with Crippen molar-refractivity contribution in [1.82, 2.24) is 4.90 Å². The van der Waals surface area contributed by atoms with Crippen molar-refractivity contribution < 1.29 is 40.3 Å². The van der Waals surface area contributed by atoms with Gasteiger partial charge in [0.1, 0.15) is 11.6 Å². The molecule has 0 aromatic heterocycles. The van der Waals surface area contributed by atoms with Gasteiger partial charge in [-0.05, 0) is 42.8 Å². The molecular formula is C23H15ClF4N2O5S. The number of amides is 2. The van der Waals surface area contributed by atoms with E-state index < -0.39 is 50.0 Å². The van der Waals surface area contributed by atoms with Gasteiger partial charge in [0.25, 0.3) is 21.8 Å². The van der Waals surface area contributed by atoms with Gasteiger partial charge in [-0.3, -0.25) is 14.3 Å². The smallest absolute Gasteiger partial charge is 0.419 e. The van der Waals surface area contributed by atoms with Gasteiger partial charge in [-0.15, -0.1) is 0 Å². The van der Waals surface area contributed by atoms with E-state index in [1.54, 1.807) is 18.2 Å². The average molecular weight is 543 g/mol. The molecule has 0 saturated carbocycles. The number of rotatable bonds is 5. The number of anilines is 1. The van der Waals surface area contributed by atoms with Crippen molar-refractivity contribution >= 4 is 39.1 Å². The first-order valence-corrected chi connectivity index (χ1v) is 11.9. The number of benzene rings is 2. The summed E-state index contributed by atoms with van der Waals surface area (Å²) in [5.74, 6) is -3.05. The van der Waals surface area contributed by atoms with Crippen LogP contribution in [0.2, 0.25) is 5.02 Å². The van der Waals surface area contributed by atoms with E-state index >= 15 is 0 Å². The third-order valence-corrected chi connectivity index (χ3v) is 6.99. The molecule has 1 heterocycles. The molecule has 0 spiro atoms. The highest BCUT2D eigenvalue weighted by atomic mass is 35.5. The molecule has 0 atom stereocenters. The van der Waals surface area contributed by atoms with Gasteiger partial charge in [0.2, 0.25) is 0 Å². The zero-order valence-corrected chi connectivity index (χ0v) is 19.8. The number of ether oxygens (including phenoxy) is 1. The van der Waals surface area contributed by atoms with Crippen molar-refractivity contribution in [3.63, 3.8) is 0 Å². The first-order valence-electron chi connectivity index (χ1n) is 10.1. The molecule has 4 rings (SSSR count). The number of hydrogen-bond donors (Lipinski definition) is 1. The SMILES string of the molecule is COC1=CC(N2C(=O)c3c(Cl)ccc(NS(=O)(=O)c4ccc(F)c(C(F)(F)F)c4)c3C2=O)=CCC=C1. The maximum atomic E-state index is 13.6. The molecule has 1 aliphatic carbocycles. The summed E-state index contributed by atoms with van der Waals surface area (Å²) >= 11 is 6.16. The fraction of sp³-hybridized carbons (Fsp3) is 0.130. The lowest BCUT2D eigenvalue weighted by molar-refractivity contribution is -0.140. The van der Waals surface area contributed by atoms with Gasteiger partial charge in [0, 0.05) is 6.08 Å². The third kappa shape index (κ3) is 4.49. The number of halogens is 5. The summed E-state index contributed by atoms with van der Waals surface area (Å²) < 4.78 is 85.9. The van der Waals surface area contributed by atoms with Crippen LogP contribution in [0, 0.1) is 5.82 Å². The fourth-order valence-corrected chi connectivity index (χ4v) is 4.98. The van der Waals surface area contributed by atoms with Crippen LogP contribution in [-0.2, 0) is 20.9 Å². The zero-order chi connectivity index (χ0) is 26.4. The molecule has 0 radical (unpaired) electrons. The van der Waals surface area contributed by atoms with Crippen LogP contribution in [0.5, 0.6) is 0 Å². The molecule has 2 aromatic rings. The van der Waals surface area contributed by atoms with Gasteiger partial charge >= 0.3 is 6.18 Å². The Kier molecular flexibility index (Phi) is 6.43. The highest BCUT2D eigenvalue weighted by Gasteiger charge is 2.42. The molecular weight excluding hydrogens is 528 g/mol. The summed E-state index contributed by atoms with van der Waals surface area (Å²) in [5, 5.41) is -0.141. The molecule has 36 heavy (non-hydrogen) atoms. The molecule has 188 valence electrons. The largest absolute Gasteiger partial charge is 0.497 e. The molecule has 0 fully saturated rings. The summed E-state index contributed by atoms with van der Waals surface area (Å²) in [6.07, 6.45) is 1.57. The van der Waals surface area contributed by atoms with Crippen molar-refractivity contribution in [3.05, 3.63) is 93.6 Å². The Morgan fingerprint density at radius 2 is 1.78 bits per heavy atom. The summed E-state index contributed by atoms with van der Waals surface area (Å²) in [7, 11) is -3.35. The van der Waals surface area contributed by atoms with Crippen molar-refractivity contribution in [1.29, 1.82) is 0 Å². The monoisotopic (exact) mass is 542 g/mol. The van der Waals surface area contributed by atoms with E-state index in [0.29, 0.717) is 24.3 Å². The van der Waals surface area contributed by atoms with E-state index in [2.05, 4.69) is 0 Å². The second kappa shape index (κ2) is 9.10. The van der Waals surface area contributed by atoms with Gasteiger partial charge in [-0.25, -0.2) is 17.7 Å². The lowest BCUT2D eigenvalue weighted by Crippen LogP contribution is -2.28. The number of hydrogen-bond acceptors (Lipinski definition) is 5. The molecule has 0 bridgehead atoms. The maximum Gasteiger partial charge on any atom is 0.419 e. The molecule has 1 aliphatic heterocycles. The second-order valence-corrected chi connectivity index (χ2v) is 9.64. The van der Waals surface area contributed by atoms with Crippen LogP contribution in [0.4, 0.5) is 23.2 Å². The van der Waals surface area contributed by atoms with Crippen LogP contribution >= 0.6 is 11.6 Å². The van der Waals surface area contributed by atoms with E-state index in [4.69, 9.17) is 16.3 Å². The van der Waals surface area contributed by atoms with Crippen LogP contribution < -0.4 is 4.72 Å². The molecule has 7 nitrogen and oxygen atoms in total. The minimum atomic E-state index is -5.14. The standard InChI is InChI=1S/C23H15ClF4N2O5S/c1-35-13-5-3-2-4-12(10-13)30-21(31)19-16(24)7-9-18(20(19)22(30)32)29-36(33,34)14-6-8-17(25)15(11-14)23(26,27)28/h3-11,29H,2H2,1H3. The van der Waals surface area contributed by atoms with E-state index in [9.17, 15) is 35.6 Å². The van der Waals surface area contributed by atoms with Gasteiger partial charge in [-0.2, -0.15) is 13.2 Å². The third-order valence-electron chi connectivity index (χ3n) is 5.32. The minimum absolute atomic E-state index is 0.132. The van der Waals surface area contributed by atoms with Crippen LogP contribution in [0.25, 0.3) is 0 Å². The van der Waals surface area contributed by atoms with Crippen molar-refractivity contribution in [2.75, 3.05) is 11.8 Å². The summed E-state index contributed by atoms with van der Waals surface area (Å²) in [4.78, 5) is 26.4. The van der Waals surface area contributed by atoms with Gasteiger partial charge < -0.3 is 4.74 Å². The fourth-order valence-electron chi connectivity index (χ4n) is 3.64. The van der Waals surface area contributed by atoms with Crippen LogP contribution in [0.3, 0.4) is 0 Å². The number of nitrogens with zero attached hydrogens (tertiary/aromatic N) is 1. The highest BCUT2D eigenvalue weighted by Crippen LogP contribution is 2.38. The lowest BCUT2D eigenvalue weighted by Gasteiger charge is -2.16. The first-order chi connectivity index (χ1) is 16.8. The number of methoxy groups -OCH3 is 1. The molecule has 0 unspecified atom stereocenters. The van der Waals surface area contributed by atoms with Crippen LogP contribution in [0.1, 0.15) is 32.7 Å². The van der Waals surface area contributed by atoms with Crippen LogP contribution in [0.15, 0.2) is 71.0 Å². The lowest BCUT2D eigenvalue weighted by atomic mass is 10.1. The van der Waals surface area contributed by atoms with Crippen molar-refractivity contribution in [2.24, 2.45) is 0 Å². The number of sulfonamides is 1. The Labute approximate surface area is 207 Å². The first kappa shape index (κ1) is 25.5. The number of imide groups is 1. The van der Waals surface area contributed by atoms with Gasteiger partial charge in [-0.1, -0.05) is 23.8 Å². The number of fused-ring (bicyclic) bond motifs is 1. The maximum absolute atomic E-state index is 13.6. The molecule has 2 amide bonds. The van der Waals surface area contributed by atoms with E-state index in [0.717, 1.165) is 17.0 Å². The van der Waals surface area contributed by atoms with Crippen molar-refractivity contribution in [3.8, 4) is 0 Å². The summed E-state index contributed by atoms with van der Waals surface area (Å²) in [5.41, 5.74) is -2.70. The van der Waals surface area contributed by atoms with Gasteiger partial charge in [0.05, 0.1) is 45.1 Å². The zero-order valence-electron chi connectivity index (χ0n) is 18.2. The Hall–Kier alpha value is -3.64. The number of carbonyl (C=O) groups excluding carboxylic acids is 2. The normalized spacial score (nSPS) is 15.9. The molecule has 13 heteroatoms. The topological polar surface area (TPSA) is 92.8 Å². The van der Waals surface area contributed by atoms with E-state index in [1.807, 2.05) is 4.72 Å². The summed E-state index contributed by atoms with van der Waals surface area (Å²) in [6, 6.07) is 3.40. The summed E-state index contributed by atoms with van der Waals surface area (Å²) in [6.45, 7) is 0. The Bertz CT molecular complexity index is 1500. The van der Waals surface area contributed by atoms with E-state index in [1.165, 1.54) is 13.2 Å². The van der Waals surface area contributed by atoms with E-state index in [-0.39, 0.29) is 27.9 Å². The number of nitrogens with one attached hydrogen (secondary N) is 1. The number of carbonyl (C=O) groups is 2. The Morgan fingerprint density at radius 1 is 1.08 bits per heavy atom. The molecule has 1 N–H and O–H groups in total. The molecule has 0 saturated heterocycles. The molecule has 2 aliphatic rings. The minimum Gasteiger partial charge on any atom is -0.497 e. The van der Waals surface area contributed by atoms with Gasteiger partial charge in [0.15, 0.2) is 0 Å². The van der Waals surface area contributed by atoms with Crippen LogP contribution in [-0.4, -0.2) is 32.2 Å². The number of alkyl halides is 3. The average Bonchev–Trinajstić information content (AvgIpc) is 2.94. The predicted octanol–water partition coefficient (Wildman–Crippen LogP) is 5.27. The highest BCUT2D eigenvalue weighted by molar-refractivity contribution is 7.92. The Morgan fingerprint density at radius 3 is 2.44 bits per heavy atom. The Balaban J connectivity index is 1.77. The second-order valence-electron chi connectivity index (χ2n) is 7.55.